The molecular formula is C21H28N2O5S2. The SMILES string of the molecule is CCCCCS(=O)(=O)CC(=O)Nc1ccc(C)c(S(=O)(=O)Nc2cccc(C)c2)c1. The van der Waals surface area contributed by atoms with Gasteiger partial charge in [-0.2, -0.15) is 0 Å². The van der Waals surface area contributed by atoms with Crippen LogP contribution in [0.4, 0.5) is 11.4 Å². The number of aryl methyl sites for hydroxylation is 2. The maximum Gasteiger partial charge on any atom is 0.262 e. The maximum atomic E-state index is 12.8. The summed E-state index contributed by atoms with van der Waals surface area (Å²) in [5.41, 5.74) is 2.06. The Morgan fingerprint density at radius 1 is 0.933 bits per heavy atom. The summed E-state index contributed by atoms with van der Waals surface area (Å²) in [7, 11) is -7.40. The van der Waals surface area contributed by atoms with Crippen molar-refractivity contribution in [3.63, 3.8) is 0 Å². The molecule has 0 unspecified atom stereocenters. The molecule has 1 amide bonds. The van der Waals surface area contributed by atoms with Gasteiger partial charge in [0.1, 0.15) is 5.75 Å². The van der Waals surface area contributed by atoms with Crippen LogP contribution in [-0.2, 0) is 24.7 Å². The summed E-state index contributed by atoms with van der Waals surface area (Å²) in [6.45, 7) is 5.47. The van der Waals surface area contributed by atoms with Crippen molar-refractivity contribution in [2.24, 2.45) is 0 Å². The van der Waals surface area contributed by atoms with Crippen LogP contribution in [-0.4, -0.2) is 34.2 Å². The number of rotatable bonds is 10. The fourth-order valence-corrected chi connectivity index (χ4v) is 5.51. The van der Waals surface area contributed by atoms with Crippen molar-refractivity contribution in [3.8, 4) is 0 Å². The Hall–Kier alpha value is -2.39. The van der Waals surface area contributed by atoms with E-state index >= 15 is 0 Å². The minimum atomic E-state index is -3.89. The zero-order valence-corrected chi connectivity index (χ0v) is 19.1. The predicted octanol–water partition coefficient (Wildman–Crippen LogP) is 3.65. The summed E-state index contributed by atoms with van der Waals surface area (Å²) in [6, 6.07) is 11.4. The van der Waals surface area contributed by atoms with Crippen molar-refractivity contribution in [1.82, 2.24) is 0 Å². The van der Waals surface area contributed by atoms with Crippen LogP contribution >= 0.6 is 0 Å². The monoisotopic (exact) mass is 452 g/mol. The highest BCUT2D eigenvalue weighted by Crippen LogP contribution is 2.23. The topological polar surface area (TPSA) is 109 Å². The van der Waals surface area contributed by atoms with Crippen molar-refractivity contribution in [1.29, 1.82) is 0 Å². The molecule has 7 nitrogen and oxygen atoms in total. The second kappa shape index (κ2) is 10.1. The number of sulfone groups is 1. The van der Waals surface area contributed by atoms with Crippen molar-refractivity contribution in [2.75, 3.05) is 21.5 Å². The van der Waals surface area contributed by atoms with Crippen LogP contribution in [0.3, 0.4) is 0 Å². The Morgan fingerprint density at radius 2 is 1.67 bits per heavy atom. The normalized spacial score (nSPS) is 11.8. The van der Waals surface area contributed by atoms with Crippen molar-refractivity contribution in [2.45, 2.75) is 44.9 Å². The first kappa shape index (κ1) is 23.9. The number of sulfonamides is 1. The van der Waals surface area contributed by atoms with E-state index in [-0.39, 0.29) is 16.3 Å². The van der Waals surface area contributed by atoms with Crippen molar-refractivity contribution >= 4 is 37.1 Å². The van der Waals surface area contributed by atoms with E-state index in [2.05, 4.69) is 10.0 Å². The first-order valence-corrected chi connectivity index (χ1v) is 13.0. The number of unbranched alkanes of at least 4 members (excludes halogenated alkanes) is 2. The minimum absolute atomic E-state index is 0.00705. The number of hydrogen-bond acceptors (Lipinski definition) is 5. The molecule has 0 atom stereocenters. The van der Waals surface area contributed by atoms with Crippen LogP contribution in [0.2, 0.25) is 0 Å². The summed E-state index contributed by atoms with van der Waals surface area (Å²) in [5, 5.41) is 2.49. The van der Waals surface area contributed by atoms with Gasteiger partial charge in [0.15, 0.2) is 9.84 Å². The first-order valence-electron chi connectivity index (χ1n) is 9.73. The molecule has 0 bridgehead atoms. The minimum Gasteiger partial charge on any atom is -0.325 e. The molecule has 9 heteroatoms. The highest BCUT2D eigenvalue weighted by atomic mass is 32.2. The van der Waals surface area contributed by atoms with Gasteiger partial charge >= 0.3 is 0 Å². The lowest BCUT2D eigenvalue weighted by Crippen LogP contribution is -2.25. The second-order valence-electron chi connectivity index (χ2n) is 7.30. The second-order valence-corrected chi connectivity index (χ2v) is 11.1. The van der Waals surface area contributed by atoms with Gasteiger partial charge in [0.25, 0.3) is 10.0 Å². The third-order valence-corrected chi connectivity index (χ3v) is 7.58. The first-order chi connectivity index (χ1) is 14.0. The molecule has 0 aromatic heterocycles. The number of benzene rings is 2. The molecule has 30 heavy (non-hydrogen) atoms. The Bertz CT molecular complexity index is 1110. The van der Waals surface area contributed by atoms with Gasteiger partial charge in [0.2, 0.25) is 5.91 Å². The zero-order chi connectivity index (χ0) is 22.4. The van der Waals surface area contributed by atoms with E-state index in [1.807, 2.05) is 19.9 Å². The molecule has 0 heterocycles. The number of amides is 1. The molecule has 0 aliphatic rings. The Morgan fingerprint density at radius 3 is 2.33 bits per heavy atom. The predicted molar refractivity (Wildman–Crippen MR) is 120 cm³/mol. The van der Waals surface area contributed by atoms with E-state index in [9.17, 15) is 21.6 Å². The molecule has 2 aromatic carbocycles. The average molecular weight is 453 g/mol. The molecule has 164 valence electrons. The molecule has 0 aliphatic heterocycles. The van der Waals surface area contributed by atoms with Crippen LogP contribution in [0.25, 0.3) is 0 Å². The molecule has 2 N–H and O–H groups in total. The summed E-state index contributed by atoms with van der Waals surface area (Å²) in [6.07, 6.45) is 2.19. The number of hydrogen-bond donors (Lipinski definition) is 2. The fraction of sp³-hybridized carbons (Fsp3) is 0.381. The molecule has 0 saturated carbocycles. The van der Waals surface area contributed by atoms with Crippen molar-refractivity contribution in [3.05, 3.63) is 53.6 Å². The Balaban J connectivity index is 2.15. The van der Waals surface area contributed by atoms with E-state index in [1.165, 1.54) is 6.07 Å². The number of anilines is 2. The molecule has 0 aliphatic carbocycles. The van der Waals surface area contributed by atoms with Crippen LogP contribution in [0.15, 0.2) is 47.4 Å². The quantitative estimate of drug-likeness (QED) is 0.535. The lowest BCUT2D eigenvalue weighted by atomic mass is 10.2. The van der Waals surface area contributed by atoms with Gasteiger partial charge in [-0.3, -0.25) is 9.52 Å². The molecule has 2 rings (SSSR count). The van der Waals surface area contributed by atoms with E-state index in [0.29, 0.717) is 17.7 Å². The molecule has 0 spiro atoms. The maximum absolute atomic E-state index is 12.8. The van der Waals surface area contributed by atoms with Crippen molar-refractivity contribution < 1.29 is 21.6 Å². The van der Waals surface area contributed by atoms with Gasteiger partial charge in [-0.25, -0.2) is 16.8 Å². The molecule has 0 radical (unpaired) electrons. The van der Waals surface area contributed by atoms with Crippen LogP contribution in [0.1, 0.15) is 37.3 Å². The summed E-state index contributed by atoms with van der Waals surface area (Å²) < 4.78 is 52.3. The number of carbonyl (C=O) groups excluding carboxylic acids is 1. The summed E-state index contributed by atoms with van der Waals surface area (Å²) >= 11 is 0. The molecule has 0 saturated heterocycles. The summed E-state index contributed by atoms with van der Waals surface area (Å²) in [4.78, 5) is 12.2. The Kier molecular flexibility index (Phi) is 8.03. The molecule has 0 fully saturated rings. The summed E-state index contributed by atoms with van der Waals surface area (Å²) in [5.74, 6) is -1.36. The van der Waals surface area contributed by atoms with E-state index in [4.69, 9.17) is 0 Å². The van der Waals surface area contributed by atoms with Crippen LogP contribution in [0.5, 0.6) is 0 Å². The average Bonchev–Trinajstić information content (AvgIpc) is 2.62. The van der Waals surface area contributed by atoms with E-state index in [1.54, 1.807) is 37.3 Å². The third kappa shape index (κ3) is 7.14. The fourth-order valence-electron chi connectivity index (χ4n) is 2.93. The smallest absolute Gasteiger partial charge is 0.262 e. The van der Waals surface area contributed by atoms with Crippen LogP contribution < -0.4 is 10.0 Å². The standard InChI is InChI=1S/C21H28N2O5S2/c1-4-5-6-12-29(25,26)15-21(24)22-18-11-10-17(3)20(14-18)30(27,28)23-19-9-7-8-16(2)13-19/h7-11,13-14,23H,4-6,12,15H2,1-3H3,(H,22,24). The van der Waals surface area contributed by atoms with Gasteiger partial charge in [-0.15, -0.1) is 0 Å². The lowest BCUT2D eigenvalue weighted by Gasteiger charge is -2.13. The highest BCUT2D eigenvalue weighted by molar-refractivity contribution is 7.92. The van der Waals surface area contributed by atoms with Gasteiger partial charge < -0.3 is 5.32 Å². The zero-order valence-electron chi connectivity index (χ0n) is 17.4. The number of nitrogens with one attached hydrogen (secondary N) is 2. The molecule has 2 aromatic rings. The van der Waals surface area contributed by atoms with Gasteiger partial charge in [0.05, 0.1) is 10.6 Å². The Labute approximate surface area is 178 Å². The third-order valence-electron chi connectivity index (χ3n) is 4.44. The van der Waals surface area contributed by atoms with E-state index in [0.717, 1.165) is 18.4 Å². The number of carbonyl (C=O) groups is 1. The lowest BCUT2D eigenvalue weighted by molar-refractivity contribution is -0.113. The molecular weight excluding hydrogens is 424 g/mol. The highest BCUT2D eigenvalue weighted by Gasteiger charge is 2.20. The van der Waals surface area contributed by atoms with Crippen LogP contribution in [0, 0.1) is 13.8 Å². The largest absolute Gasteiger partial charge is 0.325 e. The van der Waals surface area contributed by atoms with E-state index < -0.39 is 31.5 Å². The van der Waals surface area contributed by atoms with Gasteiger partial charge in [0, 0.05) is 11.4 Å². The van der Waals surface area contributed by atoms with Gasteiger partial charge in [-0.1, -0.05) is 38.0 Å². The van der Waals surface area contributed by atoms with Gasteiger partial charge in [-0.05, 0) is 55.7 Å².